The minimum Gasteiger partial charge on any atom is -0.335 e. The number of hydrogen-bond acceptors (Lipinski definition) is 1. The minimum absolute atomic E-state index is 0.178. The molecule has 2 atom stereocenters. The largest absolute Gasteiger partial charge is 0.335 e. The van der Waals surface area contributed by atoms with Crippen LogP contribution in [0.2, 0.25) is 0 Å². The van der Waals surface area contributed by atoms with Crippen molar-refractivity contribution in [1.82, 2.24) is 4.90 Å². The second-order valence-electron chi connectivity index (χ2n) is 4.80. The Balaban J connectivity index is 2.24. The van der Waals surface area contributed by atoms with E-state index in [1.807, 2.05) is 36.1 Å². The summed E-state index contributed by atoms with van der Waals surface area (Å²) in [6.45, 7) is 5.09. The second-order valence-corrected chi connectivity index (χ2v) is 5.45. The van der Waals surface area contributed by atoms with Crippen LogP contribution in [0.3, 0.4) is 0 Å². The van der Waals surface area contributed by atoms with Crippen molar-refractivity contribution in [2.24, 2.45) is 5.92 Å². The zero-order valence-electron chi connectivity index (χ0n) is 10.3. The van der Waals surface area contributed by atoms with Crippen LogP contribution in [0.5, 0.6) is 0 Å². The van der Waals surface area contributed by atoms with E-state index in [0.29, 0.717) is 12.0 Å². The normalized spacial score (nSPS) is 24.1. The van der Waals surface area contributed by atoms with Crippen molar-refractivity contribution in [3.63, 3.8) is 0 Å². The molecule has 1 fully saturated rings. The van der Waals surface area contributed by atoms with Gasteiger partial charge in [-0.25, -0.2) is 0 Å². The summed E-state index contributed by atoms with van der Waals surface area (Å²) < 4.78 is 0. The van der Waals surface area contributed by atoms with E-state index in [4.69, 9.17) is 0 Å². The Bertz CT molecular complexity index is 418. The van der Waals surface area contributed by atoms with Crippen molar-refractivity contribution in [3.8, 4) is 0 Å². The summed E-state index contributed by atoms with van der Waals surface area (Å²) in [4.78, 5) is 14.5. The molecule has 1 amide bonds. The Morgan fingerprint density at radius 3 is 2.82 bits per heavy atom. The van der Waals surface area contributed by atoms with Crippen LogP contribution in [0, 0.1) is 12.8 Å². The monoisotopic (exact) mass is 295 g/mol. The highest BCUT2D eigenvalue weighted by Gasteiger charge is 2.34. The molecule has 17 heavy (non-hydrogen) atoms. The number of carbonyl (C=O) groups is 1. The molecule has 92 valence electrons. The van der Waals surface area contributed by atoms with Crippen LogP contribution in [0.25, 0.3) is 0 Å². The number of nitrogens with zero attached hydrogens (tertiary/aromatic N) is 1. The van der Waals surface area contributed by atoms with Crippen molar-refractivity contribution in [2.75, 3.05) is 11.9 Å². The van der Waals surface area contributed by atoms with Crippen LogP contribution in [0.4, 0.5) is 0 Å². The fourth-order valence-electron chi connectivity index (χ4n) is 2.46. The highest BCUT2D eigenvalue weighted by atomic mass is 79.9. The lowest BCUT2D eigenvalue weighted by atomic mass is 10.0. The van der Waals surface area contributed by atoms with E-state index in [9.17, 15) is 4.79 Å². The molecule has 1 aliphatic heterocycles. The van der Waals surface area contributed by atoms with Gasteiger partial charge >= 0.3 is 0 Å². The maximum absolute atomic E-state index is 12.5. The van der Waals surface area contributed by atoms with Gasteiger partial charge < -0.3 is 4.90 Å². The van der Waals surface area contributed by atoms with Crippen LogP contribution in [0.15, 0.2) is 24.3 Å². The maximum atomic E-state index is 12.5. The van der Waals surface area contributed by atoms with Gasteiger partial charge in [-0.3, -0.25) is 4.79 Å². The summed E-state index contributed by atoms with van der Waals surface area (Å²) in [5.74, 6) is 0.763. The number of rotatable bonds is 2. The summed E-state index contributed by atoms with van der Waals surface area (Å²) >= 11 is 3.52. The van der Waals surface area contributed by atoms with Crippen LogP contribution < -0.4 is 0 Å². The molecule has 0 spiro atoms. The fraction of sp³-hybridized carbons (Fsp3) is 0.500. The molecule has 2 nitrogen and oxygen atoms in total. The standard InChI is InChI=1S/C14H18BrNO/c1-10-5-3-4-6-12(10)14(17)16-8-7-11(2)13(16)9-15/h3-6,11,13H,7-9H2,1-2H3. The molecule has 0 bridgehead atoms. The summed E-state index contributed by atoms with van der Waals surface area (Å²) in [6.07, 6.45) is 1.11. The Kier molecular flexibility index (Phi) is 3.87. The topological polar surface area (TPSA) is 20.3 Å². The van der Waals surface area contributed by atoms with Gasteiger partial charge in [0.05, 0.1) is 0 Å². The van der Waals surface area contributed by atoms with Gasteiger partial charge in [0, 0.05) is 23.5 Å². The summed E-state index contributed by atoms with van der Waals surface area (Å²) in [6, 6.07) is 8.16. The molecule has 0 radical (unpaired) electrons. The summed E-state index contributed by atoms with van der Waals surface area (Å²) in [5, 5.41) is 0.867. The number of alkyl halides is 1. The van der Waals surface area contributed by atoms with Gasteiger partial charge in [-0.15, -0.1) is 0 Å². The van der Waals surface area contributed by atoms with E-state index < -0.39 is 0 Å². The SMILES string of the molecule is Cc1ccccc1C(=O)N1CCC(C)C1CBr. The first-order valence-corrected chi connectivity index (χ1v) is 7.20. The van der Waals surface area contributed by atoms with Gasteiger partial charge in [0.1, 0.15) is 0 Å². The lowest BCUT2D eigenvalue weighted by Crippen LogP contribution is -2.38. The smallest absolute Gasteiger partial charge is 0.254 e. The predicted octanol–water partition coefficient (Wildman–Crippen LogP) is 3.24. The lowest BCUT2D eigenvalue weighted by molar-refractivity contribution is 0.0738. The predicted molar refractivity (Wildman–Crippen MR) is 73.6 cm³/mol. The Morgan fingerprint density at radius 2 is 2.18 bits per heavy atom. The number of amides is 1. The molecule has 1 aliphatic rings. The molecule has 3 heteroatoms. The van der Waals surface area contributed by atoms with Crippen molar-refractivity contribution in [3.05, 3.63) is 35.4 Å². The van der Waals surface area contributed by atoms with Crippen molar-refractivity contribution < 1.29 is 4.79 Å². The summed E-state index contributed by atoms with van der Waals surface area (Å²) in [5.41, 5.74) is 1.90. The van der Waals surface area contributed by atoms with Gasteiger partial charge in [0.15, 0.2) is 0 Å². The van der Waals surface area contributed by atoms with E-state index in [1.165, 1.54) is 0 Å². The van der Waals surface area contributed by atoms with Crippen LogP contribution in [-0.2, 0) is 0 Å². The summed E-state index contributed by atoms with van der Waals surface area (Å²) in [7, 11) is 0. The van der Waals surface area contributed by atoms with Gasteiger partial charge in [-0.1, -0.05) is 41.1 Å². The van der Waals surface area contributed by atoms with Crippen LogP contribution in [-0.4, -0.2) is 28.7 Å². The average molecular weight is 296 g/mol. The van der Waals surface area contributed by atoms with Crippen molar-refractivity contribution >= 4 is 21.8 Å². The second kappa shape index (κ2) is 5.21. The van der Waals surface area contributed by atoms with Crippen LogP contribution in [0.1, 0.15) is 29.3 Å². The number of carbonyl (C=O) groups excluding carboxylic acids is 1. The molecular formula is C14H18BrNO. The van der Waals surface area contributed by atoms with E-state index in [0.717, 1.165) is 29.4 Å². The van der Waals surface area contributed by atoms with E-state index in [-0.39, 0.29) is 5.91 Å². The zero-order valence-corrected chi connectivity index (χ0v) is 11.9. The molecule has 2 rings (SSSR count). The minimum atomic E-state index is 0.178. The molecule has 0 saturated carbocycles. The third kappa shape index (κ3) is 2.39. The van der Waals surface area contributed by atoms with Crippen molar-refractivity contribution in [2.45, 2.75) is 26.3 Å². The van der Waals surface area contributed by atoms with Crippen molar-refractivity contribution in [1.29, 1.82) is 0 Å². The van der Waals surface area contributed by atoms with Gasteiger partial charge in [0.25, 0.3) is 5.91 Å². The molecule has 2 unspecified atom stereocenters. The maximum Gasteiger partial charge on any atom is 0.254 e. The lowest BCUT2D eigenvalue weighted by Gasteiger charge is -2.26. The van der Waals surface area contributed by atoms with Gasteiger partial charge in [-0.2, -0.15) is 0 Å². The third-order valence-corrected chi connectivity index (χ3v) is 4.34. The first-order chi connectivity index (χ1) is 8.15. The zero-order chi connectivity index (χ0) is 12.4. The molecule has 0 aliphatic carbocycles. The Labute approximate surface area is 111 Å². The first kappa shape index (κ1) is 12.6. The number of halogens is 1. The van der Waals surface area contributed by atoms with Gasteiger partial charge in [-0.05, 0) is 30.9 Å². The number of benzene rings is 1. The highest BCUT2D eigenvalue weighted by Crippen LogP contribution is 2.27. The molecule has 0 N–H and O–H groups in total. The first-order valence-electron chi connectivity index (χ1n) is 6.07. The van der Waals surface area contributed by atoms with E-state index in [1.54, 1.807) is 0 Å². The fourth-order valence-corrected chi connectivity index (χ4v) is 3.45. The quantitative estimate of drug-likeness (QED) is 0.767. The van der Waals surface area contributed by atoms with E-state index in [2.05, 4.69) is 22.9 Å². The Morgan fingerprint density at radius 1 is 1.47 bits per heavy atom. The molecule has 1 aromatic carbocycles. The third-order valence-electron chi connectivity index (χ3n) is 3.68. The molecule has 1 saturated heterocycles. The highest BCUT2D eigenvalue weighted by molar-refractivity contribution is 9.09. The van der Waals surface area contributed by atoms with E-state index >= 15 is 0 Å². The Hall–Kier alpha value is -0.830. The molecule has 1 heterocycles. The number of likely N-dealkylation sites (tertiary alicyclic amines) is 1. The van der Waals surface area contributed by atoms with Crippen LogP contribution >= 0.6 is 15.9 Å². The molecule has 0 aromatic heterocycles. The van der Waals surface area contributed by atoms with Gasteiger partial charge in [0.2, 0.25) is 0 Å². The number of aryl methyl sites for hydroxylation is 1. The molecule has 1 aromatic rings. The molecular weight excluding hydrogens is 278 g/mol. The average Bonchev–Trinajstić information content (AvgIpc) is 2.70. The number of hydrogen-bond donors (Lipinski definition) is 0.